The number of hydrogen-bond acceptors (Lipinski definition) is 4. The Labute approximate surface area is 96.5 Å². The molecular weight excluding hydrogens is 226 g/mol. The van der Waals surface area contributed by atoms with Crippen LogP contribution in [0, 0.1) is 10.1 Å². The molecular formula is C11H9NO3S. The molecule has 0 amide bonds. The number of nitro benzene ring substituents is 1. The van der Waals surface area contributed by atoms with Crippen molar-refractivity contribution in [2.45, 2.75) is 11.8 Å². The second-order valence-electron chi connectivity index (χ2n) is 3.49. The number of fused-ring (bicyclic) bond motifs is 1. The molecule has 4 nitrogen and oxygen atoms in total. The zero-order valence-corrected chi connectivity index (χ0v) is 9.41. The molecule has 1 aromatic carbocycles. The number of nitrogens with zero attached hydrogens (tertiary/aromatic N) is 1. The highest BCUT2D eigenvalue weighted by molar-refractivity contribution is 7.99. The third kappa shape index (κ3) is 1.99. The van der Waals surface area contributed by atoms with Crippen LogP contribution in [0.15, 0.2) is 28.7 Å². The summed E-state index contributed by atoms with van der Waals surface area (Å²) in [5, 5.41) is 10.6. The molecule has 0 saturated heterocycles. The molecule has 1 aliphatic heterocycles. The average molecular weight is 235 g/mol. The van der Waals surface area contributed by atoms with Gasteiger partial charge in [0, 0.05) is 28.4 Å². The van der Waals surface area contributed by atoms with Gasteiger partial charge in [0.15, 0.2) is 5.78 Å². The molecule has 82 valence electrons. The van der Waals surface area contributed by atoms with Gasteiger partial charge in [-0.3, -0.25) is 14.9 Å². The average Bonchev–Trinajstić information content (AvgIpc) is 2.27. The van der Waals surface area contributed by atoms with E-state index in [9.17, 15) is 14.9 Å². The van der Waals surface area contributed by atoms with E-state index in [1.54, 1.807) is 12.1 Å². The summed E-state index contributed by atoms with van der Waals surface area (Å²) < 4.78 is 0. The molecule has 0 unspecified atom stereocenters. The van der Waals surface area contributed by atoms with Crippen LogP contribution in [0.5, 0.6) is 0 Å². The summed E-state index contributed by atoms with van der Waals surface area (Å²) in [6.45, 7) is 1.51. The van der Waals surface area contributed by atoms with Gasteiger partial charge < -0.3 is 0 Å². The van der Waals surface area contributed by atoms with Crippen LogP contribution in [0.1, 0.15) is 12.5 Å². The summed E-state index contributed by atoms with van der Waals surface area (Å²) in [7, 11) is 0. The normalized spacial score (nSPS) is 13.9. The first kappa shape index (κ1) is 10.9. The van der Waals surface area contributed by atoms with Gasteiger partial charge in [-0.15, -0.1) is 11.8 Å². The number of carbonyl (C=O) groups excluding carboxylic acids is 1. The maximum Gasteiger partial charge on any atom is 0.270 e. The standard InChI is InChI=1S/C11H9NO3S/c1-7(13)9-4-8-5-10(12(14)15)2-3-11(8)16-6-9/h2-5H,6H2,1H3. The van der Waals surface area contributed by atoms with Gasteiger partial charge in [-0.1, -0.05) is 0 Å². The fourth-order valence-corrected chi connectivity index (χ4v) is 2.53. The molecule has 1 heterocycles. The van der Waals surface area contributed by atoms with Gasteiger partial charge in [0.25, 0.3) is 5.69 Å². The minimum Gasteiger partial charge on any atom is -0.295 e. The van der Waals surface area contributed by atoms with E-state index in [1.165, 1.54) is 30.8 Å². The summed E-state index contributed by atoms with van der Waals surface area (Å²) in [5.41, 5.74) is 1.52. The number of rotatable bonds is 2. The van der Waals surface area contributed by atoms with E-state index in [0.717, 1.165) is 10.5 Å². The quantitative estimate of drug-likeness (QED) is 0.584. The van der Waals surface area contributed by atoms with Crippen molar-refractivity contribution >= 4 is 29.3 Å². The first-order chi connectivity index (χ1) is 7.58. The summed E-state index contributed by atoms with van der Waals surface area (Å²) in [4.78, 5) is 22.4. The van der Waals surface area contributed by atoms with E-state index in [2.05, 4.69) is 0 Å². The van der Waals surface area contributed by atoms with Crippen LogP contribution in [0.2, 0.25) is 0 Å². The van der Waals surface area contributed by atoms with Crippen molar-refractivity contribution in [3.8, 4) is 0 Å². The highest BCUT2D eigenvalue weighted by Gasteiger charge is 2.16. The van der Waals surface area contributed by atoms with Crippen molar-refractivity contribution < 1.29 is 9.72 Å². The third-order valence-electron chi connectivity index (χ3n) is 2.37. The molecule has 0 radical (unpaired) electrons. The lowest BCUT2D eigenvalue weighted by atomic mass is 10.1. The number of carbonyl (C=O) groups is 1. The van der Waals surface area contributed by atoms with Crippen molar-refractivity contribution in [3.63, 3.8) is 0 Å². The summed E-state index contributed by atoms with van der Waals surface area (Å²) in [6.07, 6.45) is 1.74. The number of non-ortho nitro benzene ring substituents is 1. The predicted octanol–water partition coefficient (Wildman–Crippen LogP) is 2.67. The molecule has 0 aliphatic carbocycles. The molecule has 0 fully saturated rings. The molecule has 16 heavy (non-hydrogen) atoms. The largest absolute Gasteiger partial charge is 0.295 e. The maximum atomic E-state index is 11.2. The summed E-state index contributed by atoms with van der Waals surface area (Å²) >= 11 is 1.53. The van der Waals surface area contributed by atoms with Gasteiger partial charge in [0.05, 0.1) is 4.92 Å². The molecule has 2 rings (SSSR count). The van der Waals surface area contributed by atoms with Gasteiger partial charge in [-0.2, -0.15) is 0 Å². The fraction of sp³-hybridized carbons (Fsp3) is 0.182. The van der Waals surface area contributed by atoms with Crippen molar-refractivity contribution in [2.24, 2.45) is 0 Å². The number of benzene rings is 1. The van der Waals surface area contributed by atoms with Crippen LogP contribution >= 0.6 is 11.8 Å². The number of hydrogen-bond donors (Lipinski definition) is 0. The topological polar surface area (TPSA) is 60.2 Å². The molecule has 1 aliphatic rings. The van der Waals surface area contributed by atoms with Crippen LogP contribution in [0.3, 0.4) is 0 Å². The van der Waals surface area contributed by atoms with E-state index in [0.29, 0.717) is 11.3 Å². The SMILES string of the molecule is CC(=O)C1=Cc2cc([N+](=O)[O-])ccc2SC1. The van der Waals surface area contributed by atoms with Gasteiger partial charge in [0.1, 0.15) is 0 Å². The Balaban J connectivity index is 2.47. The first-order valence-corrected chi connectivity index (χ1v) is 5.69. The minimum atomic E-state index is -0.430. The van der Waals surface area contributed by atoms with Crippen molar-refractivity contribution in [1.82, 2.24) is 0 Å². The molecule has 5 heteroatoms. The zero-order chi connectivity index (χ0) is 11.7. The predicted molar refractivity (Wildman–Crippen MR) is 62.5 cm³/mol. The third-order valence-corrected chi connectivity index (χ3v) is 3.51. The Hall–Kier alpha value is -1.62. The van der Waals surface area contributed by atoms with Gasteiger partial charge >= 0.3 is 0 Å². The van der Waals surface area contributed by atoms with Gasteiger partial charge in [-0.25, -0.2) is 0 Å². The van der Waals surface area contributed by atoms with Crippen LogP contribution in [-0.4, -0.2) is 16.5 Å². The minimum absolute atomic E-state index is 0.0182. The highest BCUT2D eigenvalue weighted by Crippen LogP contribution is 2.34. The molecule has 0 saturated carbocycles. The van der Waals surface area contributed by atoms with E-state index >= 15 is 0 Å². The second-order valence-corrected chi connectivity index (χ2v) is 4.51. The molecule has 0 spiro atoms. The smallest absolute Gasteiger partial charge is 0.270 e. The molecule has 0 N–H and O–H groups in total. The van der Waals surface area contributed by atoms with Crippen molar-refractivity contribution in [1.29, 1.82) is 0 Å². The van der Waals surface area contributed by atoms with Crippen LogP contribution in [0.4, 0.5) is 5.69 Å². The lowest BCUT2D eigenvalue weighted by Crippen LogP contribution is -2.04. The summed E-state index contributed by atoms with van der Waals surface area (Å²) in [6, 6.07) is 4.72. The van der Waals surface area contributed by atoms with E-state index < -0.39 is 4.92 Å². The van der Waals surface area contributed by atoms with Crippen LogP contribution < -0.4 is 0 Å². The number of thioether (sulfide) groups is 1. The van der Waals surface area contributed by atoms with Crippen molar-refractivity contribution in [3.05, 3.63) is 39.4 Å². The fourth-order valence-electron chi connectivity index (χ4n) is 1.48. The van der Waals surface area contributed by atoms with Crippen LogP contribution in [-0.2, 0) is 4.79 Å². The number of ketones is 1. The Kier molecular flexibility index (Phi) is 2.78. The lowest BCUT2D eigenvalue weighted by Gasteiger charge is -2.13. The number of Topliss-reactive ketones (excluding diaryl/α,β-unsaturated/α-hetero) is 1. The van der Waals surface area contributed by atoms with E-state index in [4.69, 9.17) is 0 Å². The molecule has 0 aromatic heterocycles. The van der Waals surface area contributed by atoms with Gasteiger partial charge in [-0.05, 0) is 24.6 Å². The first-order valence-electron chi connectivity index (χ1n) is 4.70. The lowest BCUT2D eigenvalue weighted by molar-refractivity contribution is -0.384. The zero-order valence-electron chi connectivity index (χ0n) is 8.60. The van der Waals surface area contributed by atoms with Gasteiger partial charge in [0.2, 0.25) is 0 Å². The molecule has 1 aromatic rings. The van der Waals surface area contributed by atoms with Crippen molar-refractivity contribution in [2.75, 3.05) is 5.75 Å². The van der Waals surface area contributed by atoms with E-state index in [-0.39, 0.29) is 11.5 Å². The Bertz CT molecular complexity index is 508. The molecule has 0 atom stereocenters. The molecule has 0 bridgehead atoms. The monoisotopic (exact) mass is 235 g/mol. The number of nitro groups is 1. The van der Waals surface area contributed by atoms with Crippen LogP contribution in [0.25, 0.3) is 6.08 Å². The Morgan fingerprint density at radius 1 is 1.50 bits per heavy atom. The highest BCUT2D eigenvalue weighted by atomic mass is 32.2. The Morgan fingerprint density at radius 2 is 2.25 bits per heavy atom. The maximum absolute atomic E-state index is 11.2. The second kappa shape index (κ2) is 4.09. The summed E-state index contributed by atoms with van der Waals surface area (Å²) in [5.74, 6) is 0.657. The van der Waals surface area contributed by atoms with E-state index in [1.807, 2.05) is 0 Å². The Morgan fingerprint density at radius 3 is 2.88 bits per heavy atom.